The van der Waals surface area contributed by atoms with Crippen LogP contribution in [0.1, 0.15) is 23.6 Å². The molecule has 1 atom stereocenters. The number of benzene rings is 1. The number of nitrogens with zero attached hydrogens (tertiary/aromatic N) is 2. The maximum absolute atomic E-state index is 11.6. The highest BCUT2D eigenvalue weighted by atomic mass is 16.2. The Morgan fingerprint density at radius 3 is 2.79 bits per heavy atom. The quantitative estimate of drug-likeness (QED) is 0.870. The second-order valence-electron chi connectivity index (χ2n) is 5.12. The highest BCUT2D eigenvalue weighted by molar-refractivity contribution is 6.00. The zero-order valence-corrected chi connectivity index (χ0v) is 11.5. The molecule has 1 unspecified atom stereocenters. The van der Waals surface area contributed by atoms with Gasteiger partial charge in [-0.1, -0.05) is 12.1 Å². The van der Waals surface area contributed by atoms with Gasteiger partial charge in [-0.3, -0.25) is 9.59 Å². The summed E-state index contributed by atoms with van der Waals surface area (Å²) in [5.41, 5.74) is 8.87. The van der Waals surface area contributed by atoms with Crippen LogP contribution in [-0.2, 0) is 16.0 Å². The van der Waals surface area contributed by atoms with Crippen molar-refractivity contribution in [3.05, 3.63) is 29.3 Å². The van der Waals surface area contributed by atoms with Crippen LogP contribution in [0.25, 0.3) is 0 Å². The Labute approximate surface area is 113 Å². The fraction of sp³-hybridized carbons (Fsp3) is 0.429. The molecule has 5 heteroatoms. The van der Waals surface area contributed by atoms with E-state index in [1.165, 1.54) is 4.90 Å². The maximum atomic E-state index is 11.6. The van der Waals surface area contributed by atoms with Crippen LogP contribution in [0.2, 0.25) is 0 Å². The van der Waals surface area contributed by atoms with Gasteiger partial charge in [0.15, 0.2) is 0 Å². The topological polar surface area (TPSA) is 66.6 Å². The predicted molar refractivity (Wildman–Crippen MR) is 73.8 cm³/mol. The molecule has 0 fully saturated rings. The summed E-state index contributed by atoms with van der Waals surface area (Å²) in [6.45, 7) is 0. The maximum Gasteiger partial charge on any atom is 0.231 e. The molecular formula is C14H19N3O2. The van der Waals surface area contributed by atoms with E-state index in [2.05, 4.69) is 0 Å². The first kappa shape index (κ1) is 13.5. The molecule has 0 saturated heterocycles. The van der Waals surface area contributed by atoms with Gasteiger partial charge in [0.2, 0.25) is 11.8 Å². The summed E-state index contributed by atoms with van der Waals surface area (Å²) in [4.78, 5) is 26.4. The zero-order valence-electron chi connectivity index (χ0n) is 11.5. The summed E-state index contributed by atoms with van der Waals surface area (Å²) >= 11 is 0. The summed E-state index contributed by atoms with van der Waals surface area (Å²) in [5.74, 6) is 0.0892. The second-order valence-corrected chi connectivity index (χ2v) is 5.12. The number of hydrogen-bond acceptors (Lipinski definition) is 3. The van der Waals surface area contributed by atoms with Crippen LogP contribution >= 0.6 is 0 Å². The summed E-state index contributed by atoms with van der Waals surface area (Å²) in [7, 11) is 5.19. The minimum Gasteiger partial charge on any atom is -0.349 e. The van der Waals surface area contributed by atoms with Gasteiger partial charge in [-0.05, 0) is 17.2 Å². The molecule has 0 saturated carbocycles. The van der Waals surface area contributed by atoms with Crippen molar-refractivity contribution in [2.24, 2.45) is 5.73 Å². The van der Waals surface area contributed by atoms with Crippen molar-refractivity contribution in [1.29, 1.82) is 0 Å². The van der Waals surface area contributed by atoms with E-state index >= 15 is 0 Å². The van der Waals surface area contributed by atoms with E-state index in [1.54, 1.807) is 26.0 Å². The molecule has 1 aliphatic rings. The molecule has 2 amide bonds. The predicted octanol–water partition coefficient (Wildman–Crippen LogP) is 0.684. The molecule has 0 aliphatic carbocycles. The van der Waals surface area contributed by atoms with E-state index in [4.69, 9.17) is 5.73 Å². The molecule has 1 aliphatic heterocycles. The van der Waals surface area contributed by atoms with Gasteiger partial charge in [-0.2, -0.15) is 0 Å². The lowest BCUT2D eigenvalue weighted by atomic mass is 10.0. The average molecular weight is 261 g/mol. The fourth-order valence-corrected chi connectivity index (χ4v) is 2.21. The third kappa shape index (κ3) is 2.61. The third-order valence-corrected chi connectivity index (χ3v) is 3.50. The van der Waals surface area contributed by atoms with Crippen LogP contribution in [0.5, 0.6) is 0 Å². The Kier molecular flexibility index (Phi) is 3.57. The first-order chi connectivity index (χ1) is 8.90. The molecule has 0 radical (unpaired) electrons. The normalized spacial score (nSPS) is 15.4. The highest BCUT2D eigenvalue weighted by Gasteiger charge is 2.25. The number of nitrogens with two attached hydrogens (primary N) is 1. The van der Waals surface area contributed by atoms with Gasteiger partial charge >= 0.3 is 0 Å². The zero-order chi connectivity index (χ0) is 14.2. The van der Waals surface area contributed by atoms with E-state index in [-0.39, 0.29) is 24.3 Å². The number of hydrogen-bond donors (Lipinski definition) is 1. The second kappa shape index (κ2) is 5.01. The van der Waals surface area contributed by atoms with Gasteiger partial charge < -0.3 is 15.5 Å². The van der Waals surface area contributed by atoms with Crippen LogP contribution in [0.4, 0.5) is 5.69 Å². The Balaban J connectivity index is 2.17. The average Bonchev–Trinajstić information content (AvgIpc) is 2.64. The summed E-state index contributed by atoms with van der Waals surface area (Å²) in [6.07, 6.45) is 0.684. The van der Waals surface area contributed by atoms with Crippen LogP contribution in [0.15, 0.2) is 18.2 Å². The van der Waals surface area contributed by atoms with E-state index in [0.717, 1.165) is 16.8 Å². The monoisotopic (exact) mass is 261 g/mol. The van der Waals surface area contributed by atoms with Crippen LogP contribution < -0.4 is 10.6 Å². The summed E-state index contributed by atoms with van der Waals surface area (Å²) in [5, 5.41) is 0. The highest BCUT2D eigenvalue weighted by Crippen LogP contribution is 2.30. The van der Waals surface area contributed by atoms with E-state index in [1.807, 2.05) is 18.2 Å². The van der Waals surface area contributed by atoms with Gasteiger partial charge in [-0.25, -0.2) is 0 Å². The van der Waals surface area contributed by atoms with E-state index in [9.17, 15) is 9.59 Å². The smallest absolute Gasteiger partial charge is 0.231 e. The molecule has 0 aromatic heterocycles. The molecule has 2 N–H and O–H groups in total. The van der Waals surface area contributed by atoms with Crippen LogP contribution in [0, 0.1) is 0 Å². The van der Waals surface area contributed by atoms with Crippen molar-refractivity contribution in [3.63, 3.8) is 0 Å². The van der Waals surface area contributed by atoms with Gasteiger partial charge in [0.05, 0.1) is 6.42 Å². The Bertz CT molecular complexity index is 525. The molecule has 5 nitrogen and oxygen atoms in total. The first-order valence-corrected chi connectivity index (χ1v) is 6.25. The molecule has 2 rings (SSSR count). The van der Waals surface area contributed by atoms with Crippen molar-refractivity contribution in [2.45, 2.75) is 18.9 Å². The molecule has 0 spiro atoms. The molecule has 19 heavy (non-hydrogen) atoms. The third-order valence-electron chi connectivity index (χ3n) is 3.50. The molecule has 1 heterocycles. The largest absolute Gasteiger partial charge is 0.349 e. The summed E-state index contributed by atoms with van der Waals surface area (Å²) in [6, 6.07) is 5.39. The minimum atomic E-state index is -0.332. The van der Waals surface area contributed by atoms with Crippen molar-refractivity contribution >= 4 is 17.5 Å². The number of carbonyl (C=O) groups is 2. The van der Waals surface area contributed by atoms with Gasteiger partial charge in [-0.15, -0.1) is 0 Å². The van der Waals surface area contributed by atoms with Crippen molar-refractivity contribution < 1.29 is 9.59 Å². The number of rotatable bonds is 3. The number of amides is 2. The van der Waals surface area contributed by atoms with Gasteiger partial charge in [0.25, 0.3) is 0 Å². The van der Waals surface area contributed by atoms with Crippen molar-refractivity contribution in [2.75, 3.05) is 26.0 Å². The molecule has 1 aromatic rings. The van der Waals surface area contributed by atoms with Crippen molar-refractivity contribution in [3.8, 4) is 0 Å². The Morgan fingerprint density at radius 1 is 1.47 bits per heavy atom. The van der Waals surface area contributed by atoms with Gasteiger partial charge in [0.1, 0.15) is 0 Å². The van der Waals surface area contributed by atoms with Gasteiger partial charge in [0, 0.05) is 39.3 Å². The standard InChI is InChI=1S/C14H19N3O2/c1-16(2)13(18)8-11(15)9-4-5-12-10(6-9)7-14(19)17(12)3/h4-6,11H,7-8,15H2,1-3H3. The molecule has 0 bridgehead atoms. The Hall–Kier alpha value is -1.88. The lowest BCUT2D eigenvalue weighted by molar-refractivity contribution is -0.129. The summed E-state index contributed by atoms with van der Waals surface area (Å²) < 4.78 is 0. The lowest BCUT2D eigenvalue weighted by Crippen LogP contribution is -2.26. The van der Waals surface area contributed by atoms with Crippen molar-refractivity contribution in [1.82, 2.24) is 4.90 Å². The van der Waals surface area contributed by atoms with Crippen LogP contribution in [-0.4, -0.2) is 37.9 Å². The lowest BCUT2D eigenvalue weighted by Gasteiger charge is -2.17. The SMILES string of the molecule is CN(C)C(=O)CC(N)c1ccc2c(c1)CC(=O)N2C. The minimum absolute atomic E-state index is 0.00110. The number of likely N-dealkylation sites (N-methyl/N-ethyl adjacent to an activating group) is 1. The first-order valence-electron chi connectivity index (χ1n) is 6.25. The Morgan fingerprint density at radius 2 is 2.16 bits per heavy atom. The fourth-order valence-electron chi connectivity index (χ4n) is 2.21. The number of fused-ring (bicyclic) bond motifs is 1. The number of anilines is 1. The molecule has 102 valence electrons. The molecule has 1 aromatic carbocycles. The van der Waals surface area contributed by atoms with E-state index < -0.39 is 0 Å². The molecular weight excluding hydrogens is 242 g/mol. The number of carbonyl (C=O) groups excluding carboxylic acids is 2. The van der Waals surface area contributed by atoms with E-state index in [0.29, 0.717) is 6.42 Å². The van der Waals surface area contributed by atoms with Crippen LogP contribution in [0.3, 0.4) is 0 Å².